The van der Waals surface area contributed by atoms with E-state index in [-0.39, 0.29) is 17.9 Å². The molecule has 0 aromatic heterocycles. The van der Waals surface area contributed by atoms with Crippen molar-refractivity contribution in [1.29, 1.82) is 0 Å². The lowest BCUT2D eigenvalue weighted by Gasteiger charge is -2.15. The lowest BCUT2D eigenvalue weighted by Crippen LogP contribution is -2.37. The number of sulfonamides is 1. The summed E-state index contributed by atoms with van der Waals surface area (Å²) in [7, 11) is -3.49. The molecule has 23 heavy (non-hydrogen) atoms. The molecule has 0 spiro atoms. The summed E-state index contributed by atoms with van der Waals surface area (Å²) in [6, 6.07) is 5.97. The molecule has 0 unspecified atom stereocenters. The standard InChI is InChI=1S/C14H17F3N2O3S/c15-14(16,17)13(20)18-8-7-11-3-5-12(6-4-11)23(21,22)19-9-1-2-10-19/h3-6H,1-2,7-10H2,(H,18,20). The highest BCUT2D eigenvalue weighted by Crippen LogP contribution is 2.21. The van der Waals surface area contributed by atoms with Crippen LogP contribution in [-0.2, 0) is 21.2 Å². The first-order chi connectivity index (χ1) is 10.7. The van der Waals surface area contributed by atoms with Gasteiger partial charge in [-0.15, -0.1) is 0 Å². The minimum Gasteiger partial charge on any atom is -0.348 e. The molecule has 0 bridgehead atoms. The Labute approximate surface area is 132 Å². The zero-order valence-corrected chi connectivity index (χ0v) is 13.1. The van der Waals surface area contributed by atoms with Gasteiger partial charge in [-0.1, -0.05) is 12.1 Å². The molecule has 0 aliphatic carbocycles. The summed E-state index contributed by atoms with van der Waals surface area (Å²) in [4.78, 5) is 10.8. The molecule has 1 N–H and O–H groups in total. The maximum Gasteiger partial charge on any atom is 0.471 e. The lowest BCUT2D eigenvalue weighted by atomic mass is 10.1. The Morgan fingerprint density at radius 1 is 1.13 bits per heavy atom. The number of hydrogen-bond donors (Lipinski definition) is 1. The fourth-order valence-electron chi connectivity index (χ4n) is 2.33. The molecule has 1 saturated heterocycles. The molecular formula is C14H17F3N2O3S. The minimum atomic E-state index is -4.90. The van der Waals surface area contributed by atoms with Crippen molar-refractivity contribution in [3.63, 3.8) is 0 Å². The van der Waals surface area contributed by atoms with E-state index < -0.39 is 22.1 Å². The quantitative estimate of drug-likeness (QED) is 0.879. The molecule has 0 radical (unpaired) electrons. The highest BCUT2D eigenvalue weighted by atomic mass is 32.2. The maximum absolute atomic E-state index is 12.3. The van der Waals surface area contributed by atoms with Crippen LogP contribution < -0.4 is 5.32 Å². The van der Waals surface area contributed by atoms with E-state index in [4.69, 9.17) is 0 Å². The Hall–Kier alpha value is -1.61. The second-order valence-corrected chi connectivity index (χ2v) is 7.20. The van der Waals surface area contributed by atoms with Gasteiger partial charge in [0.25, 0.3) is 0 Å². The predicted molar refractivity (Wildman–Crippen MR) is 77.2 cm³/mol. The van der Waals surface area contributed by atoms with Crippen LogP contribution in [0.3, 0.4) is 0 Å². The van der Waals surface area contributed by atoms with Gasteiger partial charge in [0.15, 0.2) is 0 Å². The van der Waals surface area contributed by atoms with E-state index in [1.54, 1.807) is 17.4 Å². The Balaban J connectivity index is 1.93. The Morgan fingerprint density at radius 3 is 2.22 bits per heavy atom. The van der Waals surface area contributed by atoms with Crippen molar-refractivity contribution in [2.75, 3.05) is 19.6 Å². The molecule has 5 nitrogen and oxygen atoms in total. The van der Waals surface area contributed by atoms with Crippen molar-refractivity contribution in [2.24, 2.45) is 0 Å². The summed E-state index contributed by atoms with van der Waals surface area (Å²) in [6.07, 6.45) is -3.02. The number of hydrogen-bond acceptors (Lipinski definition) is 3. The van der Waals surface area contributed by atoms with Gasteiger partial charge in [-0.25, -0.2) is 8.42 Å². The van der Waals surface area contributed by atoms with E-state index in [9.17, 15) is 26.4 Å². The summed E-state index contributed by atoms with van der Waals surface area (Å²) in [5.74, 6) is -1.98. The van der Waals surface area contributed by atoms with E-state index >= 15 is 0 Å². The number of nitrogens with one attached hydrogen (secondary N) is 1. The SMILES string of the molecule is O=C(NCCc1ccc(S(=O)(=O)N2CCCC2)cc1)C(F)(F)F. The van der Waals surface area contributed by atoms with Crippen LogP contribution in [0.15, 0.2) is 29.2 Å². The average Bonchev–Trinajstić information content (AvgIpc) is 3.01. The molecule has 1 fully saturated rings. The molecule has 1 aliphatic rings. The Kier molecular flexibility index (Phi) is 5.30. The zero-order valence-electron chi connectivity index (χ0n) is 12.3. The molecule has 0 saturated carbocycles. The van der Waals surface area contributed by atoms with Gasteiger partial charge in [0.05, 0.1) is 4.90 Å². The van der Waals surface area contributed by atoms with Gasteiger partial charge >= 0.3 is 12.1 Å². The van der Waals surface area contributed by atoms with Crippen LogP contribution >= 0.6 is 0 Å². The highest BCUT2D eigenvalue weighted by molar-refractivity contribution is 7.89. The van der Waals surface area contributed by atoms with Crippen LogP contribution in [0.5, 0.6) is 0 Å². The normalized spacial score (nSPS) is 16.5. The van der Waals surface area contributed by atoms with Crippen LogP contribution in [0, 0.1) is 0 Å². The van der Waals surface area contributed by atoms with E-state index in [1.165, 1.54) is 16.4 Å². The molecule has 1 aromatic carbocycles. The second kappa shape index (κ2) is 6.88. The Morgan fingerprint density at radius 2 is 1.70 bits per heavy atom. The van der Waals surface area contributed by atoms with Gasteiger partial charge in [0.2, 0.25) is 10.0 Å². The summed E-state index contributed by atoms with van der Waals surface area (Å²) in [5.41, 5.74) is 0.646. The number of amides is 1. The van der Waals surface area contributed by atoms with Crippen LogP contribution in [0.4, 0.5) is 13.2 Å². The molecule has 1 amide bonds. The topological polar surface area (TPSA) is 66.5 Å². The molecule has 0 atom stereocenters. The third kappa shape index (κ3) is 4.44. The molecular weight excluding hydrogens is 333 g/mol. The maximum atomic E-state index is 12.3. The van der Waals surface area contributed by atoms with Gasteiger partial charge in [-0.2, -0.15) is 17.5 Å². The number of carbonyl (C=O) groups excluding carboxylic acids is 1. The van der Waals surface area contributed by atoms with Gasteiger partial charge < -0.3 is 5.32 Å². The third-order valence-electron chi connectivity index (χ3n) is 3.58. The summed E-state index contributed by atoms with van der Waals surface area (Å²) >= 11 is 0. The summed E-state index contributed by atoms with van der Waals surface area (Å²) in [6.45, 7) is 0.845. The van der Waals surface area contributed by atoms with Crippen molar-refractivity contribution >= 4 is 15.9 Å². The first-order valence-electron chi connectivity index (χ1n) is 7.15. The number of halogens is 3. The van der Waals surface area contributed by atoms with E-state index in [1.807, 2.05) is 0 Å². The van der Waals surface area contributed by atoms with Gasteiger partial charge in [0.1, 0.15) is 0 Å². The molecule has 1 aromatic rings. The zero-order chi connectivity index (χ0) is 17.1. The molecule has 9 heteroatoms. The number of carbonyl (C=O) groups is 1. The van der Waals surface area contributed by atoms with Gasteiger partial charge in [0, 0.05) is 19.6 Å². The van der Waals surface area contributed by atoms with Crippen molar-refractivity contribution in [3.8, 4) is 0 Å². The number of alkyl halides is 3. The average molecular weight is 350 g/mol. The van der Waals surface area contributed by atoms with E-state index in [0.717, 1.165) is 12.8 Å². The number of rotatable bonds is 5. The van der Waals surface area contributed by atoms with Crippen LogP contribution in [0.25, 0.3) is 0 Å². The summed E-state index contributed by atoms with van der Waals surface area (Å²) < 4.78 is 62.1. The Bertz CT molecular complexity index is 651. The highest BCUT2D eigenvalue weighted by Gasteiger charge is 2.38. The molecule has 2 rings (SSSR count). The van der Waals surface area contributed by atoms with Crippen molar-refractivity contribution in [3.05, 3.63) is 29.8 Å². The fourth-order valence-corrected chi connectivity index (χ4v) is 3.84. The minimum absolute atomic E-state index is 0.169. The third-order valence-corrected chi connectivity index (χ3v) is 5.50. The second-order valence-electron chi connectivity index (χ2n) is 5.26. The largest absolute Gasteiger partial charge is 0.471 e. The van der Waals surface area contributed by atoms with Gasteiger partial charge in [-0.3, -0.25) is 4.79 Å². The molecule has 128 valence electrons. The monoisotopic (exact) mass is 350 g/mol. The van der Waals surface area contributed by atoms with Crippen molar-refractivity contribution in [2.45, 2.75) is 30.3 Å². The van der Waals surface area contributed by atoms with Crippen molar-refractivity contribution in [1.82, 2.24) is 9.62 Å². The van der Waals surface area contributed by atoms with Crippen LogP contribution in [0.2, 0.25) is 0 Å². The van der Waals surface area contributed by atoms with E-state index in [2.05, 4.69) is 0 Å². The molecule has 1 aliphatic heterocycles. The first-order valence-corrected chi connectivity index (χ1v) is 8.59. The van der Waals surface area contributed by atoms with Crippen LogP contribution in [-0.4, -0.2) is 44.4 Å². The fraction of sp³-hybridized carbons (Fsp3) is 0.500. The van der Waals surface area contributed by atoms with E-state index in [0.29, 0.717) is 18.7 Å². The summed E-state index contributed by atoms with van der Waals surface area (Å²) in [5, 5.41) is 1.77. The molecule has 1 heterocycles. The van der Waals surface area contributed by atoms with Crippen LogP contribution in [0.1, 0.15) is 18.4 Å². The smallest absolute Gasteiger partial charge is 0.348 e. The number of nitrogens with zero attached hydrogens (tertiary/aromatic N) is 1. The lowest BCUT2D eigenvalue weighted by molar-refractivity contribution is -0.173. The predicted octanol–water partition coefficient (Wildman–Crippen LogP) is 1.69. The number of benzene rings is 1. The van der Waals surface area contributed by atoms with Crippen molar-refractivity contribution < 1.29 is 26.4 Å². The first kappa shape index (κ1) is 17.7. The van der Waals surface area contributed by atoms with Gasteiger partial charge in [-0.05, 0) is 37.0 Å².